The largest absolute Gasteiger partial charge is 0.506 e. The van der Waals surface area contributed by atoms with Gasteiger partial charge in [0.25, 0.3) is 0 Å². The summed E-state index contributed by atoms with van der Waals surface area (Å²) in [7, 11) is 0. The van der Waals surface area contributed by atoms with E-state index < -0.39 is 47.9 Å². The highest BCUT2D eigenvalue weighted by Crippen LogP contribution is 2.54. The first kappa shape index (κ1) is 40.1. The molecule has 0 aliphatic rings. The van der Waals surface area contributed by atoms with Gasteiger partial charge in [-0.3, -0.25) is 0 Å². The number of hydrogen-bond donors (Lipinski definition) is 3. The SMILES string of the molecule is CCCCCC(Nc1ccc(NC(F)(F)C(F)(F)C(F)(F)C(F)(F)C(F)F)c(O)c1)Oc1ccc(C(C)(C)CC)cc1C(C)(C)CC. The molecule has 0 fully saturated rings. The lowest BCUT2D eigenvalue weighted by Crippen LogP contribution is -2.66. The summed E-state index contributed by atoms with van der Waals surface area (Å²) in [6.07, 6.45) is -1.57. The number of rotatable bonds is 18. The fraction of sp³-hybridized carbons (Fsp3) is 0.636. The Morgan fingerprint density at radius 3 is 1.87 bits per heavy atom. The number of halogens is 10. The summed E-state index contributed by atoms with van der Waals surface area (Å²) in [5, 5.41) is 13.9. The number of aromatic hydroxyl groups is 1. The molecule has 14 heteroatoms. The molecule has 0 aliphatic carbocycles. The van der Waals surface area contributed by atoms with E-state index in [1.807, 2.05) is 26.0 Å². The number of benzene rings is 2. The van der Waals surface area contributed by atoms with Gasteiger partial charge in [-0.25, -0.2) is 8.78 Å². The lowest BCUT2D eigenvalue weighted by molar-refractivity contribution is -0.378. The van der Waals surface area contributed by atoms with E-state index in [1.54, 1.807) is 0 Å². The van der Waals surface area contributed by atoms with Crippen molar-refractivity contribution in [3.63, 3.8) is 0 Å². The van der Waals surface area contributed by atoms with Crippen LogP contribution in [-0.2, 0) is 10.8 Å². The van der Waals surface area contributed by atoms with Gasteiger partial charge in [-0.05, 0) is 53.9 Å². The van der Waals surface area contributed by atoms with Crippen molar-refractivity contribution < 1.29 is 53.7 Å². The minimum Gasteiger partial charge on any atom is -0.506 e. The van der Waals surface area contributed by atoms with Crippen LogP contribution in [0.15, 0.2) is 36.4 Å². The molecule has 0 bridgehead atoms. The average Bonchev–Trinajstić information content (AvgIpc) is 2.98. The number of ether oxygens (including phenoxy) is 1. The second-order valence-electron chi connectivity index (χ2n) is 12.9. The number of unbranched alkanes of at least 4 members (excludes halogenated alkanes) is 2. The molecule has 0 saturated carbocycles. The molecule has 2 aromatic carbocycles. The Balaban J connectivity index is 2.43. The zero-order valence-electron chi connectivity index (χ0n) is 27.5. The van der Waals surface area contributed by atoms with Crippen molar-refractivity contribution in [2.24, 2.45) is 0 Å². The maximum absolute atomic E-state index is 14.3. The Morgan fingerprint density at radius 1 is 0.766 bits per heavy atom. The van der Waals surface area contributed by atoms with Gasteiger partial charge in [0, 0.05) is 23.7 Å². The first-order chi connectivity index (χ1) is 21.4. The highest BCUT2D eigenvalue weighted by Gasteiger charge is 2.83. The van der Waals surface area contributed by atoms with Gasteiger partial charge in [0.2, 0.25) is 0 Å². The third-order valence-corrected chi connectivity index (χ3v) is 8.70. The van der Waals surface area contributed by atoms with E-state index in [0.717, 1.165) is 48.9 Å². The number of hydrogen-bond acceptors (Lipinski definition) is 4. The van der Waals surface area contributed by atoms with Crippen LogP contribution in [0.2, 0.25) is 0 Å². The minimum atomic E-state index is -7.17. The lowest BCUT2D eigenvalue weighted by atomic mass is 9.76. The van der Waals surface area contributed by atoms with Crippen molar-refractivity contribution in [3.05, 3.63) is 47.5 Å². The normalized spacial score (nSPS) is 14.3. The molecule has 0 amide bonds. The lowest BCUT2D eigenvalue weighted by Gasteiger charge is -2.36. The van der Waals surface area contributed by atoms with Crippen molar-refractivity contribution in [1.29, 1.82) is 0 Å². The van der Waals surface area contributed by atoms with Crippen molar-refractivity contribution in [2.75, 3.05) is 10.6 Å². The van der Waals surface area contributed by atoms with Gasteiger partial charge < -0.3 is 20.5 Å². The number of phenols is 1. The van der Waals surface area contributed by atoms with E-state index in [-0.39, 0.29) is 16.5 Å². The highest BCUT2D eigenvalue weighted by atomic mass is 19.4. The van der Waals surface area contributed by atoms with Crippen LogP contribution in [-0.4, -0.2) is 41.6 Å². The average molecular weight is 691 g/mol. The Labute approximate surface area is 269 Å². The summed E-state index contributed by atoms with van der Waals surface area (Å²) >= 11 is 0. The number of phenolic OH excluding ortho intramolecular Hbond substituents is 1. The van der Waals surface area contributed by atoms with E-state index in [9.17, 15) is 49.0 Å². The number of alkyl halides is 10. The van der Waals surface area contributed by atoms with Crippen molar-refractivity contribution in [1.82, 2.24) is 0 Å². The highest BCUT2D eigenvalue weighted by molar-refractivity contribution is 5.64. The topological polar surface area (TPSA) is 53.5 Å². The molecule has 0 radical (unpaired) electrons. The zero-order chi connectivity index (χ0) is 36.2. The molecule has 2 aromatic rings. The molecule has 0 aliphatic heterocycles. The maximum Gasteiger partial charge on any atom is 0.398 e. The van der Waals surface area contributed by atoms with Crippen LogP contribution in [0.5, 0.6) is 11.5 Å². The standard InChI is InChI=1S/C33H44F10N2O2/c1-8-11-12-13-26(47-25-17-14-20(28(4,5)9-2)18-22(25)29(6,7)10-3)44-21-15-16-23(24(46)19-21)45-33(42,43)32(40,41)31(38,39)30(36,37)27(34)35/h14-19,26-27,44-46H,8-13H2,1-7H3. The van der Waals surface area contributed by atoms with Crippen molar-refractivity contribution >= 4 is 11.4 Å². The summed E-state index contributed by atoms with van der Waals surface area (Å²) in [4.78, 5) is 0. The van der Waals surface area contributed by atoms with Gasteiger partial charge >= 0.3 is 30.2 Å². The molecule has 268 valence electrons. The molecule has 0 aromatic heterocycles. The first-order valence-corrected chi connectivity index (χ1v) is 15.4. The van der Waals surface area contributed by atoms with Crippen molar-refractivity contribution in [2.45, 2.75) is 134 Å². The molecular formula is C33H44F10N2O2. The summed E-state index contributed by atoms with van der Waals surface area (Å²) in [5.74, 6) is -21.5. The van der Waals surface area contributed by atoms with Crippen LogP contribution in [0.3, 0.4) is 0 Å². The number of nitrogens with one attached hydrogen (secondary N) is 2. The van der Waals surface area contributed by atoms with Crippen LogP contribution in [0.25, 0.3) is 0 Å². The molecule has 2 rings (SSSR count). The molecule has 0 spiro atoms. The Bertz CT molecular complexity index is 1330. The Hall–Kier alpha value is -3.06. The smallest absolute Gasteiger partial charge is 0.398 e. The van der Waals surface area contributed by atoms with E-state index in [2.05, 4.69) is 46.0 Å². The summed E-state index contributed by atoms with van der Waals surface area (Å²) < 4.78 is 142. The van der Waals surface area contributed by atoms with Crippen LogP contribution < -0.4 is 15.4 Å². The second-order valence-corrected chi connectivity index (χ2v) is 12.9. The monoisotopic (exact) mass is 690 g/mol. The second kappa shape index (κ2) is 14.6. The van der Waals surface area contributed by atoms with E-state index in [0.29, 0.717) is 30.0 Å². The van der Waals surface area contributed by atoms with Crippen LogP contribution in [0.4, 0.5) is 55.3 Å². The number of anilines is 2. The van der Waals surface area contributed by atoms with Gasteiger partial charge in [0.15, 0.2) is 6.23 Å². The molecule has 4 nitrogen and oxygen atoms in total. The fourth-order valence-electron chi connectivity index (χ4n) is 4.57. The summed E-state index contributed by atoms with van der Waals surface area (Å²) in [6.45, 7) is 14.5. The van der Waals surface area contributed by atoms with E-state index >= 15 is 0 Å². The van der Waals surface area contributed by atoms with Gasteiger partial charge in [-0.2, -0.15) is 35.1 Å². The van der Waals surface area contributed by atoms with E-state index in [4.69, 9.17) is 4.74 Å². The van der Waals surface area contributed by atoms with Crippen LogP contribution >= 0.6 is 0 Å². The van der Waals surface area contributed by atoms with Gasteiger partial charge in [-0.15, -0.1) is 0 Å². The summed E-state index contributed by atoms with van der Waals surface area (Å²) in [6, 6.07) is 2.20. The Kier molecular flexibility index (Phi) is 12.5. The molecule has 0 saturated heterocycles. The Morgan fingerprint density at radius 2 is 1.36 bits per heavy atom. The maximum atomic E-state index is 14.3. The van der Waals surface area contributed by atoms with E-state index in [1.165, 1.54) is 0 Å². The van der Waals surface area contributed by atoms with Crippen LogP contribution in [0, 0.1) is 0 Å². The first-order valence-electron chi connectivity index (χ1n) is 15.4. The van der Waals surface area contributed by atoms with Gasteiger partial charge in [0.05, 0.1) is 5.69 Å². The molecule has 1 unspecified atom stereocenters. The third kappa shape index (κ3) is 8.51. The molecule has 1 atom stereocenters. The van der Waals surface area contributed by atoms with Gasteiger partial charge in [0.1, 0.15) is 11.5 Å². The molecule has 3 N–H and O–H groups in total. The quantitative estimate of drug-likeness (QED) is 0.0479. The predicted molar refractivity (Wildman–Crippen MR) is 163 cm³/mol. The summed E-state index contributed by atoms with van der Waals surface area (Å²) in [5.41, 5.74) is 0.466. The predicted octanol–water partition coefficient (Wildman–Crippen LogP) is 11.3. The molecule has 47 heavy (non-hydrogen) atoms. The third-order valence-electron chi connectivity index (χ3n) is 8.70. The zero-order valence-corrected chi connectivity index (χ0v) is 27.5. The fourth-order valence-corrected chi connectivity index (χ4v) is 4.57. The minimum absolute atomic E-state index is 0.0548. The molecule has 0 heterocycles. The van der Waals surface area contributed by atoms with Crippen LogP contribution in [0.1, 0.15) is 98.1 Å². The van der Waals surface area contributed by atoms with Gasteiger partial charge in [-0.1, -0.05) is 73.4 Å². The molecular weight excluding hydrogens is 646 g/mol. The van der Waals surface area contributed by atoms with Crippen molar-refractivity contribution in [3.8, 4) is 11.5 Å².